The summed E-state index contributed by atoms with van der Waals surface area (Å²) in [6, 6.07) is 0. The predicted octanol–water partition coefficient (Wildman–Crippen LogP) is -0.0656. The number of hydrogen-bond donors (Lipinski definition) is 3. The summed E-state index contributed by atoms with van der Waals surface area (Å²) in [5.41, 5.74) is 0. The van der Waals surface area contributed by atoms with Crippen molar-refractivity contribution in [3.05, 3.63) is 0 Å². The largest absolute Gasteiger partial charge is 0.481 e. The maximum atomic E-state index is 10.3. The highest BCUT2D eigenvalue weighted by atomic mass is 16.4. The van der Waals surface area contributed by atoms with Gasteiger partial charge in [-0.25, -0.2) is 0 Å². The van der Waals surface area contributed by atoms with Gasteiger partial charge in [0, 0.05) is 6.61 Å². The van der Waals surface area contributed by atoms with Crippen molar-refractivity contribution in [2.24, 2.45) is 5.92 Å². The minimum absolute atomic E-state index is 0.0358. The molecule has 0 bridgehead atoms. The van der Waals surface area contributed by atoms with Crippen molar-refractivity contribution in [2.75, 3.05) is 6.61 Å². The average Bonchev–Trinajstić information content (AvgIpc) is 1.96. The van der Waals surface area contributed by atoms with Gasteiger partial charge >= 0.3 is 11.9 Å². The van der Waals surface area contributed by atoms with Gasteiger partial charge in [-0.3, -0.25) is 9.59 Å². The maximum absolute atomic E-state index is 10.3. The van der Waals surface area contributed by atoms with E-state index >= 15 is 0 Å². The van der Waals surface area contributed by atoms with Crippen molar-refractivity contribution in [2.45, 2.75) is 19.3 Å². The first-order chi connectivity index (χ1) is 5.59. The molecule has 0 heterocycles. The highest BCUT2D eigenvalue weighted by Gasteiger charge is 2.24. The van der Waals surface area contributed by atoms with Crippen molar-refractivity contribution >= 4 is 11.9 Å². The Kier molecular flexibility index (Phi) is 5.03. The van der Waals surface area contributed by atoms with Crippen molar-refractivity contribution in [3.63, 3.8) is 0 Å². The average molecular weight is 176 g/mol. The van der Waals surface area contributed by atoms with Gasteiger partial charge in [-0.15, -0.1) is 0 Å². The molecule has 0 radical (unpaired) electrons. The normalized spacial score (nSPS) is 10.2. The molecule has 0 atom stereocenters. The Morgan fingerprint density at radius 1 is 1.08 bits per heavy atom. The number of hydrogen-bond acceptors (Lipinski definition) is 3. The molecule has 0 aliphatic rings. The summed E-state index contributed by atoms with van der Waals surface area (Å²) in [6.45, 7) is -0.0358. The third-order valence-electron chi connectivity index (χ3n) is 1.50. The Morgan fingerprint density at radius 2 is 1.58 bits per heavy atom. The number of aliphatic hydroxyl groups excluding tert-OH is 1. The summed E-state index contributed by atoms with van der Waals surface area (Å²) in [7, 11) is 0. The van der Waals surface area contributed by atoms with Gasteiger partial charge in [0.1, 0.15) is 0 Å². The van der Waals surface area contributed by atoms with Crippen LogP contribution in [0.25, 0.3) is 0 Å². The first-order valence-corrected chi connectivity index (χ1v) is 3.66. The Hall–Kier alpha value is -1.10. The molecule has 0 rings (SSSR count). The molecule has 0 spiro atoms. The quantitative estimate of drug-likeness (QED) is 0.389. The molecule has 0 aromatic rings. The lowest BCUT2D eigenvalue weighted by Crippen LogP contribution is -2.23. The molecule has 0 saturated carbocycles. The fourth-order valence-corrected chi connectivity index (χ4v) is 0.813. The molecule has 70 valence electrons. The standard InChI is InChI=1S/C7H12O5/c8-4-2-1-3-5(6(9)10)7(11)12/h5,8H,1-4H2,(H,9,10)(H,11,12). The number of aliphatic hydroxyl groups is 1. The van der Waals surface area contributed by atoms with E-state index in [0.29, 0.717) is 12.8 Å². The number of carboxylic acids is 2. The van der Waals surface area contributed by atoms with E-state index in [2.05, 4.69) is 0 Å². The van der Waals surface area contributed by atoms with Crippen molar-refractivity contribution in [1.29, 1.82) is 0 Å². The van der Waals surface area contributed by atoms with Gasteiger partial charge in [0.05, 0.1) is 0 Å². The molecule has 5 nitrogen and oxygen atoms in total. The Bertz CT molecular complexity index is 151. The summed E-state index contributed by atoms with van der Waals surface area (Å²) in [6.07, 6.45) is 0.933. The molecule has 0 aromatic heterocycles. The lowest BCUT2D eigenvalue weighted by molar-refractivity contribution is -0.154. The maximum Gasteiger partial charge on any atom is 0.317 e. The molecule has 0 saturated heterocycles. The highest BCUT2D eigenvalue weighted by Crippen LogP contribution is 2.08. The Balaban J connectivity index is 3.80. The van der Waals surface area contributed by atoms with Crippen LogP contribution in [0.3, 0.4) is 0 Å². The number of carboxylic acid groups (broad SMARTS) is 2. The van der Waals surface area contributed by atoms with E-state index in [9.17, 15) is 9.59 Å². The van der Waals surface area contributed by atoms with E-state index < -0.39 is 17.9 Å². The van der Waals surface area contributed by atoms with Gasteiger partial charge in [0.15, 0.2) is 5.92 Å². The summed E-state index contributed by atoms with van der Waals surface area (Å²) >= 11 is 0. The van der Waals surface area contributed by atoms with E-state index in [1.54, 1.807) is 0 Å². The van der Waals surface area contributed by atoms with Gasteiger partial charge in [-0.2, -0.15) is 0 Å². The van der Waals surface area contributed by atoms with Crippen LogP contribution in [0, 0.1) is 5.92 Å². The predicted molar refractivity (Wildman–Crippen MR) is 39.7 cm³/mol. The third-order valence-corrected chi connectivity index (χ3v) is 1.50. The second-order valence-electron chi connectivity index (χ2n) is 2.45. The molecule has 12 heavy (non-hydrogen) atoms. The summed E-state index contributed by atoms with van der Waals surface area (Å²) in [4.78, 5) is 20.6. The first-order valence-electron chi connectivity index (χ1n) is 3.66. The lowest BCUT2D eigenvalue weighted by atomic mass is 10.0. The molecule has 0 aromatic carbocycles. The molecular weight excluding hydrogens is 164 g/mol. The van der Waals surface area contributed by atoms with Crippen LogP contribution < -0.4 is 0 Å². The minimum Gasteiger partial charge on any atom is -0.481 e. The second-order valence-corrected chi connectivity index (χ2v) is 2.45. The third kappa shape index (κ3) is 3.92. The SMILES string of the molecule is O=C(O)C(CCCCO)C(=O)O. The van der Waals surface area contributed by atoms with E-state index in [-0.39, 0.29) is 13.0 Å². The second kappa shape index (κ2) is 5.54. The van der Waals surface area contributed by atoms with Crippen molar-refractivity contribution in [3.8, 4) is 0 Å². The Labute approximate surface area is 69.6 Å². The molecule has 0 amide bonds. The van der Waals surface area contributed by atoms with Crippen LogP contribution in [0.2, 0.25) is 0 Å². The number of aliphatic carboxylic acids is 2. The van der Waals surface area contributed by atoms with Crippen LogP contribution in [0.5, 0.6) is 0 Å². The van der Waals surface area contributed by atoms with Crippen molar-refractivity contribution < 1.29 is 24.9 Å². The van der Waals surface area contributed by atoms with Crippen LogP contribution in [0.15, 0.2) is 0 Å². The van der Waals surface area contributed by atoms with Crippen LogP contribution in [0.4, 0.5) is 0 Å². The van der Waals surface area contributed by atoms with Gasteiger partial charge in [0.2, 0.25) is 0 Å². The lowest BCUT2D eigenvalue weighted by Gasteiger charge is -2.05. The van der Waals surface area contributed by atoms with Gasteiger partial charge in [-0.05, 0) is 19.3 Å². The fraction of sp³-hybridized carbons (Fsp3) is 0.714. The molecule has 3 N–H and O–H groups in total. The van der Waals surface area contributed by atoms with Gasteiger partial charge in [-0.1, -0.05) is 0 Å². The summed E-state index contributed by atoms with van der Waals surface area (Å²) < 4.78 is 0. The van der Waals surface area contributed by atoms with Crippen LogP contribution in [0.1, 0.15) is 19.3 Å². The molecule has 0 fully saturated rings. The van der Waals surface area contributed by atoms with E-state index in [4.69, 9.17) is 15.3 Å². The molecule has 0 aliphatic carbocycles. The summed E-state index contributed by atoms with van der Waals surface area (Å²) in [5, 5.41) is 25.2. The minimum atomic E-state index is -1.34. The smallest absolute Gasteiger partial charge is 0.317 e. The van der Waals surface area contributed by atoms with E-state index in [0.717, 1.165) is 0 Å². The van der Waals surface area contributed by atoms with E-state index in [1.165, 1.54) is 0 Å². The Morgan fingerprint density at radius 3 is 1.92 bits per heavy atom. The fourth-order valence-electron chi connectivity index (χ4n) is 0.813. The topological polar surface area (TPSA) is 94.8 Å². The van der Waals surface area contributed by atoms with Crippen LogP contribution in [-0.2, 0) is 9.59 Å². The number of unbranched alkanes of at least 4 members (excludes halogenated alkanes) is 1. The van der Waals surface area contributed by atoms with Crippen LogP contribution in [-0.4, -0.2) is 33.9 Å². The zero-order valence-corrected chi connectivity index (χ0v) is 6.56. The van der Waals surface area contributed by atoms with Gasteiger partial charge in [0.25, 0.3) is 0 Å². The number of rotatable bonds is 6. The first kappa shape index (κ1) is 10.9. The van der Waals surface area contributed by atoms with Crippen molar-refractivity contribution in [1.82, 2.24) is 0 Å². The zero-order valence-electron chi connectivity index (χ0n) is 6.56. The molecule has 0 aliphatic heterocycles. The van der Waals surface area contributed by atoms with Crippen LogP contribution >= 0.6 is 0 Å². The molecule has 0 unspecified atom stereocenters. The molecule has 5 heteroatoms. The molecular formula is C7H12O5. The number of carbonyl (C=O) groups is 2. The highest BCUT2D eigenvalue weighted by molar-refractivity contribution is 5.92. The zero-order chi connectivity index (χ0) is 9.56. The van der Waals surface area contributed by atoms with E-state index in [1.807, 2.05) is 0 Å². The van der Waals surface area contributed by atoms with Gasteiger partial charge < -0.3 is 15.3 Å². The summed E-state index contributed by atoms with van der Waals surface area (Å²) in [5.74, 6) is -3.97. The monoisotopic (exact) mass is 176 g/mol.